The minimum absolute atomic E-state index is 0.109. The van der Waals surface area contributed by atoms with Gasteiger partial charge >= 0.3 is 0 Å². The Hall–Kier alpha value is -4.41. The van der Waals surface area contributed by atoms with E-state index in [4.69, 9.17) is 0 Å². The number of hydrogen-bond donors (Lipinski definition) is 2. The molecule has 11 nitrogen and oxygen atoms in total. The summed E-state index contributed by atoms with van der Waals surface area (Å²) in [6.45, 7) is 1.46. The van der Waals surface area contributed by atoms with Crippen LogP contribution < -0.4 is 15.9 Å². The highest BCUT2D eigenvalue weighted by molar-refractivity contribution is 6.40. The number of aromatic nitrogens is 4. The first-order valence-corrected chi connectivity index (χ1v) is 9.39. The normalized spacial score (nSPS) is 15.3. The van der Waals surface area contributed by atoms with Gasteiger partial charge in [-0.3, -0.25) is 30.2 Å². The number of carbonyl (C=O) groups is 3. The zero-order chi connectivity index (χ0) is 21.8. The van der Waals surface area contributed by atoms with Crippen molar-refractivity contribution < 1.29 is 14.4 Å². The summed E-state index contributed by atoms with van der Waals surface area (Å²) in [5.74, 6) is -1.19. The monoisotopic (exact) mass is 418 g/mol. The Bertz CT molecular complexity index is 1130. The summed E-state index contributed by atoms with van der Waals surface area (Å²) >= 11 is 0. The molecule has 0 aliphatic carbocycles. The van der Waals surface area contributed by atoms with Crippen molar-refractivity contribution in [2.24, 2.45) is 5.10 Å². The summed E-state index contributed by atoms with van der Waals surface area (Å²) in [7, 11) is 0. The van der Waals surface area contributed by atoms with E-state index in [2.05, 4.69) is 31.5 Å². The maximum absolute atomic E-state index is 12.5. The van der Waals surface area contributed by atoms with E-state index in [1.165, 1.54) is 22.9 Å². The Morgan fingerprint density at radius 2 is 1.65 bits per heavy atom. The zero-order valence-corrected chi connectivity index (χ0v) is 16.5. The van der Waals surface area contributed by atoms with Crippen molar-refractivity contribution in [1.82, 2.24) is 31.1 Å². The smallest absolute Gasteiger partial charge is 0.285 e. The van der Waals surface area contributed by atoms with Crippen LogP contribution in [0.1, 0.15) is 23.7 Å². The third-order valence-corrected chi connectivity index (χ3v) is 4.70. The van der Waals surface area contributed by atoms with Crippen LogP contribution in [-0.2, 0) is 9.59 Å². The molecule has 31 heavy (non-hydrogen) atoms. The predicted molar refractivity (Wildman–Crippen MR) is 110 cm³/mol. The number of nitrogens with one attached hydrogen (secondary N) is 2. The number of tetrazole rings is 1. The van der Waals surface area contributed by atoms with Gasteiger partial charge < -0.3 is 0 Å². The first-order chi connectivity index (χ1) is 15.0. The molecule has 0 saturated carbocycles. The van der Waals surface area contributed by atoms with Crippen LogP contribution in [0.5, 0.6) is 0 Å². The first-order valence-electron chi connectivity index (χ1n) is 9.39. The third-order valence-electron chi connectivity index (χ3n) is 4.70. The largest absolute Gasteiger partial charge is 0.298 e. The Labute approximate surface area is 176 Å². The molecule has 1 aliphatic heterocycles. The van der Waals surface area contributed by atoms with Crippen molar-refractivity contribution >= 4 is 29.0 Å². The molecular formula is C20H18N8O3. The Morgan fingerprint density at radius 1 is 0.935 bits per heavy atom. The van der Waals surface area contributed by atoms with Crippen LogP contribution in [0, 0.1) is 0 Å². The number of hydrogen-bond acceptors (Lipinski definition) is 8. The lowest BCUT2D eigenvalue weighted by Crippen LogP contribution is -2.45. The van der Waals surface area contributed by atoms with Gasteiger partial charge in [-0.15, -0.1) is 5.10 Å². The van der Waals surface area contributed by atoms with Crippen LogP contribution in [-0.4, -0.2) is 49.6 Å². The van der Waals surface area contributed by atoms with Crippen molar-refractivity contribution in [1.29, 1.82) is 0 Å². The highest BCUT2D eigenvalue weighted by Crippen LogP contribution is 2.24. The van der Waals surface area contributed by atoms with Crippen LogP contribution in [0.2, 0.25) is 0 Å². The molecule has 2 amide bonds. The van der Waals surface area contributed by atoms with E-state index in [-0.39, 0.29) is 17.9 Å². The molecule has 0 fully saturated rings. The molecule has 0 saturated heterocycles. The third kappa shape index (κ3) is 4.29. The number of amides is 2. The zero-order valence-electron chi connectivity index (χ0n) is 16.5. The SMILES string of the molecule is CC(=O)C1CC(C(=O)NNC(=O)c2ccc(-n3cnnn3)cc2)=NN1c1ccccc1. The van der Waals surface area contributed by atoms with Crippen molar-refractivity contribution in [2.45, 2.75) is 19.4 Å². The second-order valence-electron chi connectivity index (χ2n) is 6.77. The maximum atomic E-state index is 12.5. The summed E-state index contributed by atoms with van der Waals surface area (Å²) in [5.41, 5.74) is 6.58. The fourth-order valence-electron chi connectivity index (χ4n) is 3.09. The number of nitrogens with zero attached hydrogens (tertiary/aromatic N) is 6. The summed E-state index contributed by atoms with van der Waals surface area (Å²) < 4.78 is 1.45. The number of benzene rings is 2. The molecule has 0 bridgehead atoms. The predicted octanol–water partition coefficient (Wildman–Crippen LogP) is 0.647. The van der Waals surface area contributed by atoms with Crippen molar-refractivity contribution in [3.05, 3.63) is 66.5 Å². The Balaban J connectivity index is 1.40. The van der Waals surface area contributed by atoms with E-state index >= 15 is 0 Å². The minimum atomic E-state index is -0.580. The molecule has 1 unspecified atom stereocenters. The Kier molecular flexibility index (Phi) is 5.47. The highest BCUT2D eigenvalue weighted by Gasteiger charge is 2.34. The lowest BCUT2D eigenvalue weighted by molar-refractivity contribution is -0.118. The molecule has 4 rings (SSSR count). The van der Waals surface area contributed by atoms with Gasteiger partial charge in [0, 0.05) is 12.0 Å². The van der Waals surface area contributed by atoms with E-state index in [1.54, 1.807) is 36.4 Å². The second-order valence-corrected chi connectivity index (χ2v) is 6.77. The summed E-state index contributed by atoms with van der Waals surface area (Å²) in [6.07, 6.45) is 1.58. The molecule has 11 heteroatoms. The van der Waals surface area contributed by atoms with E-state index in [0.29, 0.717) is 16.9 Å². The highest BCUT2D eigenvalue weighted by atomic mass is 16.2. The van der Waals surface area contributed by atoms with E-state index in [1.807, 2.05) is 18.2 Å². The van der Waals surface area contributed by atoms with Gasteiger partial charge in [-0.2, -0.15) is 5.10 Å². The lowest BCUT2D eigenvalue weighted by Gasteiger charge is -2.20. The topological polar surface area (TPSA) is 134 Å². The first kappa shape index (κ1) is 19.9. The van der Waals surface area contributed by atoms with Gasteiger partial charge in [0.2, 0.25) is 0 Å². The van der Waals surface area contributed by atoms with Crippen LogP contribution in [0.25, 0.3) is 5.69 Å². The Morgan fingerprint density at radius 3 is 2.29 bits per heavy atom. The standard InChI is InChI=1S/C20H18N8O3/c1-13(29)18-11-17(24-28(18)16-5-3-2-4-6-16)20(31)23-22-19(30)14-7-9-15(10-8-14)27-12-21-25-26-27/h2-10,12,18H,11H2,1H3,(H,22,30)(H,23,31). The fourth-order valence-corrected chi connectivity index (χ4v) is 3.09. The van der Waals surface area contributed by atoms with Gasteiger partial charge in [-0.25, -0.2) is 4.68 Å². The fraction of sp³-hybridized carbons (Fsp3) is 0.150. The van der Waals surface area contributed by atoms with Gasteiger partial charge in [0.05, 0.1) is 11.4 Å². The number of carbonyl (C=O) groups excluding carboxylic acids is 3. The molecule has 2 N–H and O–H groups in total. The van der Waals surface area contributed by atoms with E-state index in [9.17, 15) is 14.4 Å². The van der Waals surface area contributed by atoms with Gasteiger partial charge in [0.1, 0.15) is 18.1 Å². The molecule has 1 aliphatic rings. The van der Waals surface area contributed by atoms with Crippen molar-refractivity contribution in [3.63, 3.8) is 0 Å². The second kappa shape index (κ2) is 8.53. The number of rotatable bonds is 5. The average molecular weight is 418 g/mol. The number of ketones is 1. The van der Waals surface area contributed by atoms with Gasteiger partial charge in [0.15, 0.2) is 5.78 Å². The summed E-state index contributed by atoms with van der Waals surface area (Å²) in [4.78, 5) is 36.9. The number of Topliss-reactive ketones (excluding diaryl/α,β-unsaturated/α-hetero) is 1. The number of hydrazone groups is 1. The molecule has 0 radical (unpaired) electrons. The van der Waals surface area contributed by atoms with Crippen LogP contribution in [0.3, 0.4) is 0 Å². The molecule has 2 aromatic carbocycles. The molecule has 1 atom stereocenters. The maximum Gasteiger partial charge on any atom is 0.285 e. The lowest BCUT2D eigenvalue weighted by atomic mass is 10.1. The van der Waals surface area contributed by atoms with Crippen LogP contribution in [0.4, 0.5) is 5.69 Å². The van der Waals surface area contributed by atoms with Gasteiger partial charge in [-0.05, 0) is 53.7 Å². The van der Waals surface area contributed by atoms with E-state index < -0.39 is 17.9 Å². The molecule has 156 valence electrons. The van der Waals surface area contributed by atoms with Crippen molar-refractivity contribution in [3.8, 4) is 5.69 Å². The number of para-hydroxylation sites is 1. The van der Waals surface area contributed by atoms with Gasteiger partial charge in [-0.1, -0.05) is 18.2 Å². The summed E-state index contributed by atoms with van der Waals surface area (Å²) in [6, 6.07) is 15.0. The molecule has 1 aromatic heterocycles. The number of anilines is 1. The molecule has 3 aromatic rings. The molecule has 2 heterocycles. The van der Waals surface area contributed by atoms with Gasteiger partial charge in [0.25, 0.3) is 11.8 Å². The van der Waals surface area contributed by atoms with E-state index in [0.717, 1.165) is 0 Å². The van der Waals surface area contributed by atoms with Crippen molar-refractivity contribution in [2.75, 3.05) is 5.01 Å². The summed E-state index contributed by atoms with van der Waals surface area (Å²) in [5, 5.41) is 16.7. The number of hydrazine groups is 1. The van der Waals surface area contributed by atoms with Crippen LogP contribution >= 0.6 is 0 Å². The molecular weight excluding hydrogens is 400 g/mol. The average Bonchev–Trinajstić information content (AvgIpc) is 3.48. The van der Waals surface area contributed by atoms with Crippen LogP contribution in [0.15, 0.2) is 66.0 Å². The quantitative estimate of drug-likeness (QED) is 0.581. The minimum Gasteiger partial charge on any atom is -0.298 e. The molecule has 0 spiro atoms.